The van der Waals surface area contributed by atoms with Gasteiger partial charge in [0.15, 0.2) is 0 Å². The summed E-state index contributed by atoms with van der Waals surface area (Å²) < 4.78 is 45.5. The predicted molar refractivity (Wildman–Crippen MR) is 146 cm³/mol. The van der Waals surface area contributed by atoms with E-state index >= 15 is 0 Å². The van der Waals surface area contributed by atoms with E-state index in [0.29, 0.717) is 22.8 Å². The molecular weight excluding hydrogens is 507 g/mol. The molecule has 3 rings (SSSR count). The van der Waals surface area contributed by atoms with Crippen LogP contribution in [0.15, 0.2) is 60.7 Å². The van der Waals surface area contributed by atoms with Gasteiger partial charge in [0.05, 0.1) is 6.42 Å². The first-order valence-electron chi connectivity index (χ1n) is 13.0. The Kier molecular flexibility index (Phi) is 10.2. The summed E-state index contributed by atoms with van der Waals surface area (Å²) in [5.74, 6) is -0.0763. The molecule has 8 heteroatoms. The van der Waals surface area contributed by atoms with Gasteiger partial charge < -0.3 is 14.9 Å². The summed E-state index contributed by atoms with van der Waals surface area (Å²) in [7, 11) is 0. The standard InChI is InChI=1S/C31H36F3NO4/c1-19(2)22-5-9-24(10-6-22)29-20(3)17-26(18-21(29)4)39-27(13-15-31(32,33)34)23-7-11-25(12-8-23)30(38)35-16-14-28(36)37/h5-12,17-19,27,30,35,38H,13-16H2,1-4H3,(H,36,37). The maximum Gasteiger partial charge on any atom is 0.389 e. The van der Waals surface area contributed by atoms with Crippen molar-refractivity contribution in [3.63, 3.8) is 0 Å². The Labute approximate surface area is 227 Å². The molecule has 0 spiro atoms. The van der Waals surface area contributed by atoms with Crippen LogP contribution in [-0.4, -0.2) is 28.9 Å². The molecule has 0 saturated heterocycles. The first kappa shape index (κ1) is 30.2. The second kappa shape index (κ2) is 13.1. The van der Waals surface area contributed by atoms with E-state index in [1.54, 1.807) is 24.3 Å². The lowest BCUT2D eigenvalue weighted by Crippen LogP contribution is -2.23. The number of hydrogen-bond acceptors (Lipinski definition) is 4. The number of aliphatic carboxylic acids is 1. The highest BCUT2D eigenvalue weighted by Gasteiger charge is 2.30. The van der Waals surface area contributed by atoms with Gasteiger partial charge >= 0.3 is 12.1 Å². The Morgan fingerprint density at radius 2 is 1.46 bits per heavy atom. The van der Waals surface area contributed by atoms with Crippen molar-refractivity contribution in [3.05, 3.63) is 88.5 Å². The number of nitrogens with one attached hydrogen (secondary N) is 1. The summed E-state index contributed by atoms with van der Waals surface area (Å²) in [5, 5.41) is 21.7. The van der Waals surface area contributed by atoms with E-state index in [0.717, 1.165) is 22.3 Å². The van der Waals surface area contributed by atoms with Crippen molar-refractivity contribution in [1.29, 1.82) is 0 Å². The van der Waals surface area contributed by atoms with Crippen LogP contribution in [0.4, 0.5) is 13.2 Å². The average Bonchev–Trinajstić information content (AvgIpc) is 2.85. The maximum atomic E-state index is 13.1. The van der Waals surface area contributed by atoms with Crippen LogP contribution in [0.25, 0.3) is 11.1 Å². The molecule has 0 aliphatic rings. The molecule has 0 heterocycles. The molecule has 0 fully saturated rings. The lowest BCUT2D eigenvalue weighted by molar-refractivity contribution is -0.139. The summed E-state index contributed by atoms with van der Waals surface area (Å²) in [5.41, 5.74) is 6.32. The largest absolute Gasteiger partial charge is 0.486 e. The first-order chi connectivity index (χ1) is 18.3. The number of carboxylic acids is 1. The molecule has 0 bridgehead atoms. The Morgan fingerprint density at radius 3 is 1.97 bits per heavy atom. The minimum atomic E-state index is -4.33. The third-order valence-electron chi connectivity index (χ3n) is 6.64. The van der Waals surface area contributed by atoms with Gasteiger partial charge in [-0.15, -0.1) is 0 Å². The number of benzene rings is 3. The monoisotopic (exact) mass is 543 g/mol. The molecular formula is C31H36F3NO4. The van der Waals surface area contributed by atoms with Crippen LogP contribution in [0.1, 0.15) is 79.2 Å². The topological polar surface area (TPSA) is 78.8 Å². The highest BCUT2D eigenvalue weighted by molar-refractivity contribution is 5.72. The number of hydrogen-bond donors (Lipinski definition) is 3. The number of aliphatic hydroxyl groups is 1. The maximum absolute atomic E-state index is 13.1. The van der Waals surface area contributed by atoms with Crippen molar-refractivity contribution in [2.24, 2.45) is 0 Å². The molecule has 3 N–H and O–H groups in total. The molecule has 2 atom stereocenters. The molecule has 2 unspecified atom stereocenters. The summed E-state index contributed by atoms with van der Waals surface area (Å²) in [4.78, 5) is 10.7. The average molecular weight is 544 g/mol. The molecule has 210 valence electrons. The Bertz CT molecular complexity index is 1220. The Hall–Kier alpha value is -3.36. The molecule has 39 heavy (non-hydrogen) atoms. The van der Waals surface area contributed by atoms with Gasteiger partial charge in [-0.05, 0) is 77.3 Å². The third kappa shape index (κ3) is 8.83. The van der Waals surface area contributed by atoms with Crippen LogP contribution in [0.5, 0.6) is 5.75 Å². The van der Waals surface area contributed by atoms with Gasteiger partial charge in [-0.1, -0.05) is 62.4 Å². The highest BCUT2D eigenvalue weighted by Crippen LogP contribution is 2.36. The predicted octanol–water partition coefficient (Wildman–Crippen LogP) is 7.61. The zero-order chi connectivity index (χ0) is 28.7. The fourth-order valence-corrected chi connectivity index (χ4v) is 4.56. The van der Waals surface area contributed by atoms with Crippen LogP contribution in [0.3, 0.4) is 0 Å². The van der Waals surface area contributed by atoms with Crippen molar-refractivity contribution >= 4 is 5.97 Å². The van der Waals surface area contributed by atoms with Crippen LogP contribution in [-0.2, 0) is 4.79 Å². The van der Waals surface area contributed by atoms with E-state index in [2.05, 4.69) is 43.4 Å². The van der Waals surface area contributed by atoms with E-state index in [1.165, 1.54) is 5.56 Å². The molecule has 0 aliphatic heterocycles. The first-order valence-corrected chi connectivity index (χ1v) is 13.0. The SMILES string of the molecule is Cc1cc(OC(CCC(F)(F)F)c2ccc(C(O)NCCC(=O)O)cc2)cc(C)c1-c1ccc(C(C)C)cc1. The Morgan fingerprint density at radius 1 is 0.923 bits per heavy atom. The third-order valence-corrected chi connectivity index (χ3v) is 6.64. The second-order valence-electron chi connectivity index (χ2n) is 10.1. The van der Waals surface area contributed by atoms with Crippen LogP contribution >= 0.6 is 0 Å². The lowest BCUT2D eigenvalue weighted by Gasteiger charge is -2.23. The Balaban J connectivity index is 1.82. The van der Waals surface area contributed by atoms with Gasteiger partial charge in [0.25, 0.3) is 0 Å². The molecule has 0 radical (unpaired) electrons. The summed E-state index contributed by atoms with van der Waals surface area (Å²) in [6.07, 6.45) is -7.70. The number of rotatable bonds is 12. The van der Waals surface area contributed by atoms with Crippen molar-refractivity contribution in [2.45, 2.75) is 71.4 Å². The second-order valence-corrected chi connectivity index (χ2v) is 10.1. The molecule has 0 amide bonds. The molecule has 0 aliphatic carbocycles. The fraction of sp³-hybridized carbons (Fsp3) is 0.387. The number of carboxylic acid groups (broad SMARTS) is 1. The van der Waals surface area contributed by atoms with E-state index in [9.17, 15) is 23.1 Å². The normalized spacial score (nSPS) is 13.4. The van der Waals surface area contributed by atoms with Crippen molar-refractivity contribution in [2.75, 3.05) is 6.54 Å². The highest BCUT2D eigenvalue weighted by atomic mass is 19.4. The quantitative estimate of drug-likeness (QED) is 0.205. The van der Waals surface area contributed by atoms with Gasteiger partial charge in [-0.25, -0.2) is 0 Å². The zero-order valence-electron chi connectivity index (χ0n) is 22.7. The smallest absolute Gasteiger partial charge is 0.389 e. The molecule has 3 aromatic carbocycles. The number of halogens is 3. The zero-order valence-corrected chi connectivity index (χ0v) is 22.7. The van der Waals surface area contributed by atoms with Crippen LogP contribution in [0.2, 0.25) is 0 Å². The number of ether oxygens (including phenoxy) is 1. The molecule has 0 saturated carbocycles. The van der Waals surface area contributed by atoms with Crippen molar-refractivity contribution in [1.82, 2.24) is 5.32 Å². The fourth-order valence-electron chi connectivity index (χ4n) is 4.56. The van der Waals surface area contributed by atoms with Crippen LogP contribution in [0, 0.1) is 13.8 Å². The molecule has 0 aromatic heterocycles. The van der Waals surface area contributed by atoms with E-state index in [-0.39, 0.29) is 19.4 Å². The van der Waals surface area contributed by atoms with Gasteiger partial charge in [0, 0.05) is 13.0 Å². The number of carbonyl (C=O) groups is 1. The minimum Gasteiger partial charge on any atom is -0.486 e. The lowest BCUT2D eigenvalue weighted by atomic mass is 9.93. The number of aryl methyl sites for hydroxylation is 2. The molecule has 5 nitrogen and oxygen atoms in total. The van der Waals surface area contributed by atoms with E-state index < -0.39 is 30.9 Å². The summed E-state index contributed by atoms with van der Waals surface area (Å²) in [6.45, 7) is 8.28. The van der Waals surface area contributed by atoms with Crippen molar-refractivity contribution < 1.29 is 32.9 Å². The number of aliphatic hydroxyl groups excluding tert-OH is 1. The van der Waals surface area contributed by atoms with E-state index in [4.69, 9.17) is 9.84 Å². The molecule has 3 aromatic rings. The van der Waals surface area contributed by atoms with Crippen molar-refractivity contribution in [3.8, 4) is 16.9 Å². The summed E-state index contributed by atoms with van der Waals surface area (Å²) in [6, 6.07) is 18.5. The number of alkyl halides is 3. The van der Waals surface area contributed by atoms with E-state index in [1.807, 2.05) is 26.0 Å². The van der Waals surface area contributed by atoms with Gasteiger partial charge in [0.1, 0.15) is 18.1 Å². The summed E-state index contributed by atoms with van der Waals surface area (Å²) >= 11 is 0. The van der Waals surface area contributed by atoms with Crippen LogP contribution < -0.4 is 10.1 Å². The van der Waals surface area contributed by atoms with Gasteiger partial charge in [-0.3, -0.25) is 10.1 Å². The minimum absolute atomic E-state index is 0.0755. The van der Waals surface area contributed by atoms with Gasteiger partial charge in [-0.2, -0.15) is 13.2 Å². The van der Waals surface area contributed by atoms with Gasteiger partial charge in [0.2, 0.25) is 0 Å².